The highest BCUT2D eigenvalue weighted by molar-refractivity contribution is 5.94. The minimum absolute atomic E-state index is 0.0775. The summed E-state index contributed by atoms with van der Waals surface area (Å²) < 4.78 is 13.1. The molecule has 7 nitrogen and oxygen atoms in total. The maximum Gasteiger partial charge on any atom is 0.338 e. The zero-order valence-corrected chi connectivity index (χ0v) is 19.7. The van der Waals surface area contributed by atoms with Gasteiger partial charge < -0.3 is 14.8 Å². The summed E-state index contributed by atoms with van der Waals surface area (Å²) in [5.41, 5.74) is 3.68. The molecule has 1 amide bonds. The highest BCUT2D eigenvalue weighted by Crippen LogP contribution is 2.27. The van der Waals surface area contributed by atoms with Crippen LogP contribution in [0.4, 0.5) is 0 Å². The number of rotatable bonds is 6. The molecule has 0 fully saturated rings. The first-order valence-electron chi connectivity index (χ1n) is 11.5. The van der Waals surface area contributed by atoms with Crippen LogP contribution in [0.1, 0.15) is 71.3 Å². The van der Waals surface area contributed by atoms with Gasteiger partial charge in [0.25, 0.3) is 5.91 Å². The molecule has 0 spiro atoms. The van der Waals surface area contributed by atoms with Crippen LogP contribution in [0.2, 0.25) is 0 Å². The fourth-order valence-corrected chi connectivity index (χ4v) is 3.99. The van der Waals surface area contributed by atoms with Crippen molar-refractivity contribution in [3.05, 3.63) is 52.3 Å². The Morgan fingerprint density at radius 2 is 2.00 bits per heavy atom. The first-order chi connectivity index (χ1) is 15.3. The van der Waals surface area contributed by atoms with Crippen molar-refractivity contribution in [2.75, 3.05) is 26.4 Å². The average molecular weight is 442 g/mol. The molecule has 2 heterocycles. The molecule has 0 saturated carbocycles. The predicted octanol–water partition coefficient (Wildman–Crippen LogP) is 3.72. The van der Waals surface area contributed by atoms with Crippen LogP contribution < -0.4 is 5.32 Å². The third-order valence-corrected chi connectivity index (χ3v) is 5.72. The lowest BCUT2D eigenvalue weighted by Crippen LogP contribution is -2.28. The van der Waals surface area contributed by atoms with E-state index in [-0.39, 0.29) is 23.9 Å². The number of aromatic nitrogens is 2. The second-order valence-electron chi connectivity index (χ2n) is 9.15. The van der Waals surface area contributed by atoms with Gasteiger partial charge in [0, 0.05) is 43.7 Å². The monoisotopic (exact) mass is 441 g/mol. The number of amides is 1. The molecule has 1 aromatic carbocycles. The smallest absolute Gasteiger partial charge is 0.338 e. The van der Waals surface area contributed by atoms with Gasteiger partial charge in [-0.2, -0.15) is 5.10 Å². The quantitative estimate of drug-likeness (QED) is 0.691. The molecule has 0 saturated heterocycles. The Hall–Kier alpha value is -2.67. The number of fused-ring (bicyclic) bond motifs is 1. The second kappa shape index (κ2) is 10.8. The molecule has 1 aliphatic heterocycles. The normalized spacial score (nSPS) is 15.4. The van der Waals surface area contributed by atoms with Crippen LogP contribution in [-0.4, -0.2) is 48.0 Å². The predicted molar refractivity (Wildman–Crippen MR) is 123 cm³/mol. The molecule has 0 atom stereocenters. The molecule has 3 rings (SSSR count). The van der Waals surface area contributed by atoms with Crippen molar-refractivity contribution in [3.8, 4) is 0 Å². The lowest BCUT2D eigenvalue weighted by atomic mass is 9.86. The minimum Gasteiger partial charge on any atom is -0.462 e. The van der Waals surface area contributed by atoms with E-state index in [2.05, 4.69) is 19.2 Å². The lowest BCUT2D eigenvalue weighted by Gasteiger charge is -2.24. The zero-order valence-electron chi connectivity index (χ0n) is 19.7. The number of aryl methyl sites for hydroxylation is 2. The van der Waals surface area contributed by atoms with E-state index < -0.39 is 0 Å². The average Bonchev–Trinajstić information content (AvgIpc) is 3.08. The van der Waals surface area contributed by atoms with Crippen LogP contribution in [0.3, 0.4) is 0 Å². The van der Waals surface area contributed by atoms with E-state index in [9.17, 15) is 9.59 Å². The summed E-state index contributed by atoms with van der Waals surface area (Å²) >= 11 is 0. The van der Waals surface area contributed by atoms with Crippen LogP contribution in [0, 0.1) is 12.3 Å². The molecule has 0 unspecified atom stereocenters. The molecule has 32 heavy (non-hydrogen) atoms. The highest BCUT2D eigenvalue weighted by atomic mass is 16.5. The largest absolute Gasteiger partial charge is 0.462 e. The van der Waals surface area contributed by atoms with Crippen molar-refractivity contribution >= 4 is 11.9 Å². The topological polar surface area (TPSA) is 82.5 Å². The Labute approximate surface area is 190 Å². The highest BCUT2D eigenvalue weighted by Gasteiger charge is 2.29. The van der Waals surface area contributed by atoms with Gasteiger partial charge in [0.2, 0.25) is 0 Å². The van der Waals surface area contributed by atoms with E-state index in [1.807, 2.05) is 32.0 Å². The lowest BCUT2D eigenvalue weighted by molar-refractivity contribution is 0.0338. The van der Waals surface area contributed by atoms with Gasteiger partial charge in [0.1, 0.15) is 5.69 Å². The van der Waals surface area contributed by atoms with Gasteiger partial charge in [-0.3, -0.25) is 9.48 Å². The van der Waals surface area contributed by atoms with E-state index in [1.54, 1.807) is 10.7 Å². The molecule has 174 valence electrons. The summed E-state index contributed by atoms with van der Waals surface area (Å²) in [5.74, 6) is -0.391. The summed E-state index contributed by atoms with van der Waals surface area (Å²) in [5, 5.41) is 7.79. The summed E-state index contributed by atoms with van der Waals surface area (Å²) in [7, 11) is 0. The van der Waals surface area contributed by atoms with Crippen molar-refractivity contribution in [3.63, 3.8) is 0 Å². The number of esters is 1. The van der Waals surface area contributed by atoms with Gasteiger partial charge in [0.05, 0.1) is 17.9 Å². The maximum absolute atomic E-state index is 12.9. The Morgan fingerprint density at radius 1 is 1.25 bits per heavy atom. The van der Waals surface area contributed by atoms with E-state index in [1.165, 1.54) is 0 Å². The van der Waals surface area contributed by atoms with Gasteiger partial charge in [-0.1, -0.05) is 32.0 Å². The van der Waals surface area contributed by atoms with Crippen LogP contribution in [-0.2, 0) is 28.9 Å². The number of hydrogen-bond acceptors (Lipinski definition) is 5. The molecule has 2 aromatic rings. The summed E-state index contributed by atoms with van der Waals surface area (Å²) in [6.45, 7) is 10.8. The molecular weight excluding hydrogens is 406 g/mol. The number of benzene rings is 1. The molecule has 0 radical (unpaired) electrons. The molecular formula is C25H35N3O4. The molecule has 0 bridgehead atoms. The molecule has 0 aliphatic carbocycles. The molecule has 7 heteroatoms. The molecule has 1 aromatic heterocycles. The van der Waals surface area contributed by atoms with Gasteiger partial charge in [0.15, 0.2) is 0 Å². The Balaban J connectivity index is 1.78. The first kappa shape index (κ1) is 24.0. The van der Waals surface area contributed by atoms with Gasteiger partial charge in [-0.15, -0.1) is 0 Å². The first-order valence-corrected chi connectivity index (χ1v) is 11.5. The number of ether oxygens (including phenoxy) is 2. The van der Waals surface area contributed by atoms with E-state index in [4.69, 9.17) is 14.6 Å². The fourth-order valence-electron chi connectivity index (χ4n) is 3.99. The van der Waals surface area contributed by atoms with E-state index in [0.717, 1.165) is 36.1 Å². The number of nitrogens with zero attached hydrogens (tertiary/aromatic N) is 2. The Kier molecular flexibility index (Phi) is 8.07. The fraction of sp³-hybridized carbons (Fsp3) is 0.560. The number of carbonyl (C=O) groups excluding carboxylic acids is 2. The van der Waals surface area contributed by atoms with E-state index in [0.29, 0.717) is 44.0 Å². The zero-order chi connectivity index (χ0) is 23.1. The third-order valence-electron chi connectivity index (χ3n) is 5.72. The Bertz CT molecular complexity index is 949. The van der Waals surface area contributed by atoms with Crippen LogP contribution in [0.25, 0.3) is 0 Å². The van der Waals surface area contributed by atoms with Gasteiger partial charge in [-0.25, -0.2) is 4.79 Å². The summed E-state index contributed by atoms with van der Waals surface area (Å²) in [6.07, 6.45) is 2.98. The van der Waals surface area contributed by atoms with Crippen LogP contribution in [0.5, 0.6) is 0 Å². The standard InChI is InChI=1S/C25H35N3O4/c1-5-28-22-20(12-8-14-31-15-9-13-26-23(22)29)21(27-28)16-25(3,4)17-32-24(30)19-11-7-6-10-18(19)2/h6-7,10-11H,5,8-9,12-17H2,1-4H3,(H,26,29). The molecule has 1 aliphatic rings. The number of carbonyl (C=O) groups is 2. The van der Waals surface area contributed by atoms with Crippen molar-refractivity contribution in [1.29, 1.82) is 0 Å². The van der Waals surface area contributed by atoms with E-state index >= 15 is 0 Å². The SMILES string of the molecule is CCn1nc(CC(C)(C)COC(=O)c2ccccc2C)c2c1C(=O)NCCCOCCC2. The summed E-state index contributed by atoms with van der Waals surface area (Å²) in [6, 6.07) is 7.43. The molecule has 1 N–H and O–H groups in total. The third kappa shape index (κ3) is 5.97. The van der Waals surface area contributed by atoms with Gasteiger partial charge >= 0.3 is 5.97 Å². The number of nitrogens with one attached hydrogen (secondary N) is 1. The Morgan fingerprint density at radius 3 is 2.75 bits per heavy atom. The maximum atomic E-state index is 12.9. The van der Waals surface area contributed by atoms with Crippen molar-refractivity contribution in [2.24, 2.45) is 5.41 Å². The van der Waals surface area contributed by atoms with Crippen LogP contribution in [0.15, 0.2) is 24.3 Å². The number of hydrogen-bond donors (Lipinski definition) is 1. The van der Waals surface area contributed by atoms with Crippen LogP contribution >= 0.6 is 0 Å². The minimum atomic E-state index is -0.335. The van der Waals surface area contributed by atoms with Crippen molar-refractivity contribution in [2.45, 2.75) is 59.9 Å². The van der Waals surface area contributed by atoms with Crippen molar-refractivity contribution in [1.82, 2.24) is 15.1 Å². The van der Waals surface area contributed by atoms with Gasteiger partial charge in [-0.05, 0) is 44.7 Å². The summed E-state index contributed by atoms with van der Waals surface area (Å²) in [4.78, 5) is 25.5. The second-order valence-corrected chi connectivity index (χ2v) is 9.15. The van der Waals surface area contributed by atoms with Crippen molar-refractivity contribution < 1.29 is 19.1 Å².